The highest BCUT2D eigenvalue weighted by atomic mass is 35.5. The number of aryl methyl sites for hydroxylation is 2. The number of nitrogens with zero attached hydrogens (tertiary/aromatic N) is 2. The number of rotatable bonds is 6. The molecule has 1 saturated heterocycles. The molecule has 162 valence electrons. The molecule has 6 heteroatoms. The summed E-state index contributed by atoms with van der Waals surface area (Å²) in [5, 5.41) is 3.97. The van der Waals surface area contributed by atoms with Gasteiger partial charge in [-0.15, -0.1) is 0 Å². The molecule has 3 rings (SSSR count). The summed E-state index contributed by atoms with van der Waals surface area (Å²) in [5.74, 6) is 0.646. The van der Waals surface area contributed by atoms with E-state index in [2.05, 4.69) is 22.2 Å². The van der Waals surface area contributed by atoms with Crippen molar-refractivity contribution in [2.24, 2.45) is 0 Å². The number of likely N-dealkylation sites (N-methyl/N-ethyl adjacent to an activating group) is 1. The normalized spacial score (nSPS) is 21.6. The minimum Gasteiger partial charge on any atom is -0.481 e. The zero-order chi connectivity index (χ0) is 21.0. The average Bonchev–Trinajstić information content (AvgIpc) is 2.71. The van der Waals surface area contributed by atoms with Crippen LogP contribution >= 0.6 is 11.6 Å². The van der Waals surface area contributed by atoms with E-state index in [0.717, 1.165) is 42.3 Å². The Labute approximate surface area is 180 Å². The molecule has 1 amide bonds. The highest BCUT2D eigenvalue weighted by molar-refractivity contribution is 6.32. The Morgan fingerprint density at radius 2 is 1.72 bits per heavy atom. The zero-order valence-electron chi connectivity index (χ0n) is 18.4. The molecule has 2 fully saturated rings. The van der Waals surface area contributed by atoms with Crippen LogP contribution in [0, 0.1) is 13.8 Å². The lowest BCUT2D eigenvalue weighted by Crippen LogP contribution is -2.62. The van der Waals surface area contributed by atoms with Gasteiger partial charge < -0.3 is 15.0 Å². The molecule has 0 radical (unpaired) electrons. The Hall–Kier alpha value is -1.30. The van der Waals surface area contributed by atoms with Crippen molar-refractivity contribution in [2.45, 2.75) is 64.5 Å². The van der Waals surface area contributed by atoms with Crippen molar-refractivity contribution < 1.29 is 9.53 Å². The van der Waals surface area contributed by atoms with Gasteiger partial charge in [-0.2, -0.15) is 0 Å². The molecule has 1 N–H and O–H groups in total. The number of carbonyl (C=O) groups excluding carboxylic acids is 1. The van der Waals surface area contributed by atoms with Gasteiger partial charge in [-0.25, -0.2) is 0 Å². The fourth-order valence-corrected chi connectivity index (χ4v) is 4.83. The number of halogens is 1. The Morgan fingerprint density at radius 1 is 1.14 bits per heavy atom. The van der Waals surface area contributed by atoms with Gasteiger partial charge in [-0.05, 0) is 63.9 Å². The first-order valence-corrected chi connectivity index (χ1v) is 11.3. The summed E-state index contributed by atoms with van der Waals surface area (Å²) in [7, 11) is 2.19. The first kappa shape index (κ1) is 22.4. The number of amides is 1. The van der Waals surface area contributed by atoms with Crippen molar-refractivity contribution >= 4 is 17.5 Å². The number of piperazine rings is 1. The highest BCUT2D eigenvalue weighted by Crippen LogP contribution is 2.34. The van der Waals surface area contributed by atoms with E-state index in [1.165, 1.54) is 32.1 Å². The van der Waals surface area contributed by atoms with Gasteiger partial charge in [0.05, 0.1) is 0 Å². The van der Waals surface area contributed by atoms with Crippen LogP contribution in [-0.4, -0.2) is 67.1 Å². The number of hydrogen-bond acceptors (Lipinski definition) is 4. The predicted molar refractivity (Wildman–Crippen MR) is 119 cm³/mol. The number of ether oxygens (including phenoxy) is 1. The third-order valence-corrected chi connectivity index (χ3v) is 7.24. The fourth-order valence-electron chi connectivity index (χ4n) is 4.72. The van der Waals surface area contributed by atoms with Crippen molar-refractivity contribution in [3.05, 3.63) is 28.3 Å². The second kappa shape index (κ2) is 9.67. The third kappa shape index (κ3) is 5.44. The molecule has 1 aliphatic carbocycles. The van der Waals surface area contributed by atoms with E-state index in [1.807, 2.05) is 32.9 Å². The number of hydrogen-bond donors (Lipinski definition) is 1. The molecule has 1 aromatic carbocycles. The molecule has 1 aliphatic heterocycles. The highest BCUT2D eigenvalue weighted by Gasteiger charge is 2.39. The van der Waals surface area contributed by atoms with Gasteiger partial charge in [0.25, 0.3) is 5.91 Å². The average molecular weight is 422 g/mol. The lowest BCUT2D eigenvalue weighted by molar-refractivity contribution is -0.128. The van der Waals surface area contributed by atoms with Crippen molar-refractivity contribution in [3.63, 3.8) is 0 Å². The standard InChI is InChI=1S/C23H36ClN3O2/c1-17-14-20(15-18(2)21(17)24)29-19(3)22(28)25-16-23(8-6-5-7-9-23)27-12-10-26(4)11-13-27/h14-15,19H,5-13,16H2,1-4H3,(H,25,28)/t19-/m0/s1. The quantitative estimate of drug-likeness (QED) is 0.758. The fraction of sp³-hybridized carbons (Fsp3) is 0.696. The minimum atomic E-state index is -0.539. The second-order valence-corrected chi connectivity index (χ2v) is 9.30. The van der Waals surface area contributed by atoms with Crippen LogP contribution in [0.1, 0.15) is 50.2 Å². The van der Waals surface area contributed by atoms with Crippen LogP contribution in [-0.2, 0) is 4.79 Å². The smallest absolute Gasteiger partial charge is 0.260 e. The largest absolute Gasteiger partial charge is 0.481 e. The summed E-state index contributed by atoms with van der Waals surface area (Å²) in [5.41, 5.74) is 2.03. The second-order valence-electron chi connectivity index (χ2n) is 8.92. The Bertz CT molecular complexity index is 687. The first-order valence-electron chi connectivity index (χ1n) is 11.0. The van der Waals surface area contributed by atoms with Crippen LogP contribution in [0.3, 0.4) is 0 Å². The predicted octanol–water partition coefficient (Wildman–Crippen LogP) is 3.79. The van der Waals surface area contributed by atoms with Crippen LogP contribution in [0.4, 0.5) is 0 Å². The molecule has 1 aromatic rings. The molecule has 0 unspecified atom stereocenters. The summed E-state index contributed by atoms with van der Waals surface area (Å²) >= 11 is 6.24. The van der Waals surface area contributed by atoms with Gasteiger partial charge in [0.1, 0.15) is 5.75 Å². The summed E-state index contributed by atoms with van der Waals surface area (Å²) < 4.78 is 5.93. The van der Waals surface area contributed by atoms with Crippen molar-refractivity contribution in [1.29, 1.82) is 0 Å². The Kier molecular flexibility index (Phi) is 7.47. The van der Waals surface area contributed by atoms with E-state index >= 15 is 0 Å². The molecule has 1 atom stereocenters. The molecule has 5 nitrogen and oxygen atoms in total. The summed E-state index contributed by atoms with van der Waals surface area (Å²) in [6.45, 7) is 10.8. The summed E-state index contributed by atoms with van der Waals surface area (Å²) in [6, 6.07) is 3.79. The minimum absolute atomic E-state index is 0.0469. The van der Waals surface area contributed by atoms with Gasteiger partial charge in [-0.1, -0.05) is 30.9 Å². The van der Waals surface area contributed by atoms with Gasteiger partial charge >= 0.3 is 0 Å². The number of benzene rings is 1. The maximum absolute atomic E-state index is 12.8. The van der Waals surface area contributed by atoms with E-state index in [-0.39, 0.29) is 11.4 Å². The van der Waals surface area contributed by atoms with Crippen LogP contribution in [0.15, 0.2) is 12.1 Å². The Morgan fingerprint density at radius 3 is 2.31 bits per heavy atom. The lowest BCUT2D eigenvalue weighted by atomic mass is 9.79. The molecule has 0 bridgehead atoms. The third-order valence-electron chi connectivity index (χ3n) is 6.64. The van der Waals surface area contributed by atoms with Crippen LogP contribution in [0.2, 0.25) is 5.02 Å². The first-order chi connectivity index (χ1) is 13.8. The molecule has 0 spiro atoms. The summed E-state index contributed by atoms with van der Waals surface area (Å²) in [6.07, 6.45) is 5.60. The van der Waals surface area contributed by atoms with Gasteiger partial charge in [0.15, 0.2) is 6.10 Å². The number of nitrogens with one attached hydrogen (secondary N) is 1. The van der Waals surface area contributed by atoms with E-state index in [9.17, 15) is 4.79 Å². The van der Waals surface area contributed by atoms with Crippen molar-refractivity contribution in [1.82, 2.24) is 15.1 Å². The topological polar surface area (TPSA) is 44.8 Å². The molecule has 0 aromatic heterocycles. The maximum Gasteiger partial charge on any atom is 0.260 e. The van der Waals surface area contributed by atoms with Crippen molar-refractivity contribution in [2.75, 3.05) is 39.8 Å². The number of carbonyl (C=O) groups is 1. The molecular formula is C23H36ClN3O2. The molecule has 1 heterocycles. The summed E-state index contributed by atoms with van der Waals surface area (Å²) in [4.78, 5) is 17.8. The SMILES string of the molecule is Cc1cc(O[C@@H](C)C(=O)NCC2(N3CCN(C)CC3)CCCCC2)cc(C)c1Cl. The molecular weight excluding hydrogens is 386 g/mol. The van der Waals surface area contributed by atoms with Gasteiger partial charge in [-0.3, -0.25) is 9.69 Å². The van der Waals surface area contributed by atoms with Crippen molar-refractivity contribution in [3.8, 4) is 5.75 Å². The van der Waals surface area contributed by atoms with Gasteiger partial charge in [0.2, 0.25) is 0 Å². The zero-order valence-corrected chi connectivity index (χ0v) is 19.1. The van der Waals surface area contributed by atoms with Crippen LogP contribution in [0.5, 0.6) is 5.75 Å². The van der Waals surface area contributed by atoms with E-state index < -0.39 is 6.10 Å². The maximum atomic E-state index is 12.8. The van der Waals surface area contributed by atoms with E-state index in [4.69, 9.17) is 16.3 Å². The lowest BCUT2D eigenvalue weighted by Gasteiger charge is -2.49. The molecule has 2 aliphatic rings. The molecule has 1 saturated carbocycles. The van der Waals surface area contributed by atoms with Crippen LogP contribution in [0.25, 0.3) is 0 Å². The van der Waals surface area contributed by atoms with E-state index in [0.29, 0.717) is 12.3 Å². The van der Waals surface area contributed by atoms with Gasteiger partial charge in [0, 0.05) is 43.3 Å². The Balaban J connectivity index is 1.61. The van der Waals surface area contributed by atoms with Crippen LogP contribution < -0.4 is 10.1 Å². The van der Waals surface area contributed by atoms with E-state index in [1.54, 1.807) is 0 Å². The monoisotopic (exact) mass is 421 g/mol. The molecule has 29 heavy (non-hydrogen) atoms.